The second-order valence-corrected chi connectivity index (χ2v) is 8.51. The summed E-state index contributed by atoms with van der Waals surface area (Å²) in [5.41, 5.74) is 1.58. The Kier molecular flexibility index (Phi) is 3.95. The second kappa shape index (κ2) is 5.96. The van der Waals surface area contributed by atoms with E-state index in [1.807, 2.05) is 18.2 Å². The first-order chi connectivity index (χ1) is 11.2. The zero-order chi connectivity index (χ0) is 15.9. The molecular weight excluding hydrogens is 282 g/mol. The molecule has 1 amide bonds. The van der Waals surface area contributed by atoms with Crippen LogP contribution in [0.3, 0.4) is 0 Å². The van der Waals surface area contributed by atoms with Gasteiger partial charge in [-0.3, -0.25) is 4.79 Å². The maximum atomic E-state index is 12.8. The van der Waals surface area contributed by atoms with E-state index in [1.165, 1.54) is 38.5 Å². The highest BCUT2D eigenvalue weighted by atomic mass is 16.1. The average molecular weight is 311 g/mol. The highest BCUT2D eigenvalue weighted by Crippen LogP contribution is 2.59. The molecule has 4 aliphatic rings. The van der Waals surface area contributed by atoms with E-state index < -0.39 is 0 Å². The molecule has 4 bridgehead atoms. The Hall–Kier alpha value is -1.31. The van der Waals surface area contributed by atoms with Gasteiger partial charge < -0.3 is 5.32 Å². The molecule has 4 aliphatic carbocycles. The first-order valence-electron chi connectivity index (χ1n) is 9.50. The van der Waals surface area contributed by atoms with Crippen molar-refractivity contribution in [1.82, 2.24) is 5.32 Å². The summed E-state index contributed by atoms with van der Waals surface area (Å²) in [5, 5.41) is 3.35. The zero-order valence-corrected chi connectivity index (χ0v) is 14.3. The summed E-state index contributed by atoms with van der Waals surface area (Å²) in [6, 6.07) is 10.2. The minimum absolute atomic E-state index is 0.00473. The lowest BCUT2D eigenvalue weighted by Gasteiger charge is -2.57. The molecule has 4 fully saturated rings. The molecule has 1 aromatic carbocycles. The van der Waals surface area contributed by atoms with Crippen molar-refractivity contribution in [1.29, 1.82) is 0 Å². The molecule has 1 unspecified atom stereocenters. The van der Waals surface area contributed by atoms with Crippen LogP contribution >= 0.6 is 0 Å². The Morgan fingerprint density at radius 2 is 1.65 bits per heavy atom. The molecular formula is C21H29NO. The normalized spacial score (nSPS) is 36.0. The van der Waals surface area contributed by atoms with Gasteiger partial charge in [-0.25, -0.2) is 0 Å². The van der Waals surface area contributed by atoms with E-state index in [0.717, 1.165) is 36.3 Å². The number of rotatable bonds is 5. The monoisotopic (exact) mass is 311 g/mol. The lowest BCUT2D eigenvalue weighted by atomic mass is 9.49. The third kappa shape index (κ3) is 2.93. The predicted octanol–water partition coefficient (Wildman–Crippen LogP) is 4.51. The molecule has 124 valence electrons. The van der Waals surface area contributed by atoms with Crippen molar-refractivity contribution in [3.63, 3.8) is 0 Å². The van der Waals surface area contributed by atoms with Gasteiger partial charge in [0.1, 0.15) is 0 Å². The predicted molar refractivity (Wildman–Crippen MR) is 93.1 cm³/mol. The quantitative estimate of drug-likeness (QED) is 0.851. The molecule has 1 atom stereocenters. The van der Waals surface area contributed by atoms with Crippen molar-refractivity contribution in [3.05, 3.63) is 35.9 Å². The fraction of sp³-hybridized carbons (Fsp3) is 0.667. The molecule has 0 saturated heterocycles. The molecule has 1 N–H and O–H groups in total. The highest BCUT2D eigenvalue weighted by molar-refractivity contribution is 5.83. The van der Waals surface area contributed by atoms with Gasteiger partial charge in [-0.1, -0.05) is 37.3 Å². The van der Waals surface area contributed by atoms with Gasteiger partial charge >= 0.3 is 0 Å². The Morgan fingerprint density at radius 1 is 1.09 bits per heavy atom. The van der Waals surface area contributed by atoms with E-state index in [4.69, 9.17) is 0 Å². The van der Waals surface area contributed by atoms with Gasteiger partial charge in [0.15, 0.2) is 0 Å². The molecule has 23 heavy (non-hydrogen) atoms. The van der Waals surface area contributed by atoms with E-state index in [1.54, 1.807) is 0 Å². The van der Waals surface area contributed by atoms with Crippen molar-refractivity contribution in [2.45, 2.75) is 57.8 Å². The van der Waals surface area contributed by atoms with Crippen molar-refractivity contribution >= 4 is 5.91 Å². The largest absolute Gasteiger partial charge is 0.355 e. The SMILES string of the molecule is CCC(C(=O)NCC12CC3CC(CC(C3)C1)C2)c1ccccc1. The van der Waals surface area contributed by atoms with E-state index >= 15 is 0 Å². The minimum atomic E-state index is 0.00473. The van der Waals surface area contributed by atoms with Crippen LogP contribution in [0.25, 0.3) is 0 Å². The Morgan fingerprint density at radius 3 is 2.17 bits per heavy atom. The number of hydrogen-bond acceptors (Lipinski definition) is 1. The van der Waals surface area contributed by atoms with Crippen LogP contribution in [0.4, 0.5) is 0 Å². The molecule has 1 aromatic rings. The van der Waals surface area contributed by atoms with Gasteiger partial charge in [0.2, 0.25) is 5.91 Å². The van der Waals surface area contributed by atoms with Gasteiger partial charge in [0.05, 0.1) is 5.92 Å². The highest BCUT2D eigenvalue weighted by Gasteiger charge is 2.50. The Labute approximate surface area is 140 Å². The van der Waals surface area contributed by atoms with E-state index in [9.17, 15) is 4.79 Å². The fourth-order valence-corrected chi connectivity index (χ4v) is 6.16. The smallest absolute Gasteiger partial charge is 0.227 e. The molecule has 5 rings (SSSR count). The average Bonchev–Trinajstić information content (AvgIpc) is 2.53. The van der Waals surface area contributed by atoms with Crippen LogP contribution in [-0.4, -0.2) is 12.5 Å². The summed E-state index contributed by atoms with van der Waals surface area (Å²) < 4.78 is 0. The number of nitrogens with one attached hydrogen (secondary N) is 1. The standard InChI is InChI=1S/C21H29NO/c1-2-19(18-6-4-3-5-7-18)20(23)22-14-21-11-15-8-16(12-21)10-17(9-15)13-21/h3-7,15-17,19H,2,8-14H2,1H3,(H,22,23). The molecule has 0 aliphatic heterocycles. The van der Waals surface area contributed by atoms with Crippen LogP contribution in [-0.2, 0) is 4.79 Å². The van der Waals surface area contributed by atoms with Crippen LogP contribution in [0.2, 0.25) is 0 Å². The lowest BCUT2D eigenvalue weighted by molar-refractivity contribution is -0.124. The van der Waals surface area contributed by atoms with Crippen LogP contribution in [0.15, 0.2) is 30.3 Å². The first kappa shape index (κ1) is 15.2. The molecule has 0 radical (unpaired) electrons. The van der Waals surface area contributed by atoms with Crippen LogP contribution in [0.1, 0.15) is 63.4 Å². The third-order valence-electron chi connectivity index (χ3n) is 6.73. The third-order valence-corrected chi connectivity index (χ3v) is 6.73. The van der Waals surface area contributed by atoms with Crippen LogP contribution in [0.5, 0.6) is 0 Å². The van der Waals surface area contributed by atoms with E-state index in [0.29, 0.717) is 5.41 Å². The Balaban J connectivity index is 1.41. The van der Waals surface area contributed by atoms with E-state index in [-0.39, 0.29) is 11.8 Å². The maximum absolute atomic E-state index is 12.8. The number of amides is 1. The summed E-state index contributed by atoms with van der Waals surface area (Å²) in [6.07, 6.45) is 9.36. The summed E-state index contributed by atoms with van der Waals surface area (Å²) >= 11 is 0. The molecule has 2 nitrogen and oxygen atoms in total. The van der Waals surface area contributed by atoms with Gasteiger partial charge in [-0.05, 0) is 73.7 Å². The van der Waals surface area contributed by atoms with Crippen LogP contribution in [0, 0.1) is 23.2 Å². The molecule has 2 heteroatoms. The number of carbonyl (C=O) groups is 1. The Bertz CT molecular complexity index is 529. The van der Waals surface area contributed by atoms with Crippen molar-refractivity contribution in [2.24, 2.45) is 23.2 Å². The second-order valence-electron chi connectivity index (χ2n) is 8.51. The minimum Gasteiger partial charge on any atom is -0.355 e. The van der Waals surface area contributed by atoms with Gasteiger partial charge in [0.25, 0.3) is 0 Å². The van der Waals surface area contributed by atoms with Gasteiger partial charge in [0, 0.05) is 6.54 Å². The lowest BCUT2D eigenvalue weighted by Crippen LogP contribution is -2.51. The van der Waals surface area contributed by atoms with Crippen molar-refractivity contribution in [2.75, 3.05) is 6.54 Å². The van der Waals surface area contributed by atoms with Crippen LogP contribution < -0.4 is 5.32 Å². The topological polar surface area (TPSA) is 29.1 Å². The summed E-state index contributed by atoms with van der Waals surface area (Å²) in [7, 11) is 0. The van der Waals surface area contributed by atoms with E-state index in [2.05, 4.69) is 24.4 Å². The summed E-state index contributed by atoms with van der Waals surface area (Å²) in [4.78, 5) is 12.8. The molecule has 0 heterocycles. The summed E-state index contributed by atoms with van der Waals surface area (Å²) in [5.74, 6) is 3.09. The molecule has 0 spiro atoms. The molecule has 4 saturated carbocycles. The number of hydrogen-bond donors (Lipinski definition) is 1. The first-order valence-corrected chi connectivity index (χ1v) is 9.50. The van der Waals surface area contributed by atoms with Crippen molar-refractivity contribution in [3.8, 4) is 0 Å². The molecule has 0 aromatic heterocycles. The number of benzene rings is 1. The summed E-state index contributed by atoms with van der Waals surface area (Å²) in [6.45, 7) is 3.03. The van der Waals surface area contributed by atoms with Gasteiger partial charge in [-0.2, -0.15) is 0 Å². The van der Waals surface area contributed by atoms with Crippen molar-refractivity contribution < 1.29 is 4.79 Å². The van der Waals surface area contributed by atoms with Gasteiger partial charge in [-0.15, -0.1) is 0 Å². The fourth-order valence-electron chi connectivity index (χ4n) is 6.16. The zero-order valence-electron chi connectivity index (χ0n) is 14.3. The number of carbonyl (C=O) groups excluding carboxylic acids is 1. The maximum Gasteiger partial charge on any atom is 0.227 e.